The fraction of sp³-hybridized carbons (Fsp3) is 0.500. The zero-order valence-corrected chi connectivity index (χ0v) is 13.2. The predicted octanol–water partition coefficient (Wildman–Crippen LogP) is 1.87. The van der Waals surface area contributed by atoms with E-state index < -0.39 is 26.8 Å². The molecular weight excluding hydrogens is 295 g/mol. The summed E-state index contributed by atoms with van der Waals surface area (Å²) in [6.07, 6.45) is 1.64. The van der Waals surface area contributed by atoms with E-state index in [0.29, 0.717) is 0 Å². The smallest absolute Gasteiger partial charge is 0.238 e. The van der Waals surface area contributed by atoms with Crippen molar-refractivity contribution in [3.63, 3.8) is 0 Å². The van der Waals surface area contributed by atoms with Crippen LogP contribution in [0.3, 0.4) is 0 Å². The van der Waals surface area contributed by atoms with Crippen LogP contribution in [0.4, 0.5) is 10.1 Å². The van der Waals surface area contributed by atoms with Gasteiger partial charge >= 0.3 is 0 Å². The number of nitrogens with one attached hydrogen (secondary N) is 1. The van der Waals surface area contributed by atoms with Gasteiger partial charge in [-0.2, -0.15) is 0 Å². The minimum Gasteiger partial charge on any atom is -0.398 e. The Morgan fingerprint density at radius 1 is 1.38 bits per heavy atom. The highest BCUT2D eigenvalue weighted by Gasteiger charge is 2.31. The van der Waals surface area contributed by atoms with Gasteiger partial charge in [0.05, 0.1) is 10.6 Å². The molecule has 2 atom stereocenters. The molecule has 0 spiro atoms. The van der Waals surface area contributed by atoms with Crippen LogP contribution in [0.15, 0.2) is 23.1 Å². The van der Waals surface area contributed by atoms with Crippen molar-refractivity contribution >= 4 is 21.4 Å². The Morgan fingerprint density at radius 3 is 2.52 bits per heavy atom. The number of hydrogen-bond acceptors (Lipinski definition) is 4. The van der Waals surface area contributed by atoms with Crippen LogP contribution in [0.1, 0.15) is 33.6 Å². The Balaban J connectivity index is 2.99. The first kappa shape index (κ1) is 17.4. The molecule has 3 N–H and O–H groups in total. The highest BCUT2D eigenvalue weighted by Crippen LogP contribution is 2.23. The standard InChI is InChI=1S/C14H21FN2O3S/c1-4-5-9(2)17-14(18)10(3)21(19,20)13-7-6-11(15)8-12(13)16/h6-10H,4-5,16H2,1-3H3,(H,17,18). The molecule has 7 heteroatoms. The SMILES string of the molecule is CCCC(C)NC(=O)C(C)S(=O)(=O)c1ccc(F)cc1N. The molecule has 0 heterocycles. The molecule has 0 saturated carbocycles. The van der Waals surface area contributed by atoms with Crippen molar-refractivity contribution in [2.75, 3.05) is 5.73 Å². The third-order valence-corrected chi connectivity index (χ3v) is 5.35. The van der Waals surface area contributed by atoms with Gasteiger partial charge in [0, 0.05) is 6.04 Å². The number of nitrogen functional groups attached to an aromatic ring is 1. The molecule has 1 rings (SSSR count). The van der Waals surface area contributed by atoms with Crippen LogP contribution in [0.25, 0.3) is 0 Å². The first-order chi connectivity index (χ1) is 9.70. The molecule has 1 amide bonds. The van der Waals surface area contributed by atoms with Gasteiger partial charge in [0.25, 0.3) is 0 Å². The number of carbonyl (C=O) groups is 1. The Bertz CT molecular complexity index is 617. The third-order valence-electron chi connectivity index (χ3n) is 3.22. The number of benzene rings is 1. The van der Waals surface area contributed by atoms with Crippen LogP contribution >= 0.6 is 0 Å². The van der Waals surface area contributed by atoms with Crippen LogP contribution in [0.5, 0.6) is 0 Å². The summed E-state index contributed by atoms with van der Waals surface area (Å²) in [6.45, 7) is 5.08. The van der Waals surface area contributed by atoms with Crippen molar-refractivity contribution in [2.24, 2.45) is 0 Å². The first-order valence-electron chi connectivity index (χ1n) is 6.79. The van der Waals surface area contributed by atoms with E-state index in [4.69, 9.17) is 5.73 Å². The quantitative estimate of drug-likeness (QED) is 0.619. The average molecular weight is 316 g/mol. The molecule has 21 heavy (non-hydrogen) atoms. The number of hydrogen-bond donors (Lipinski definition) is 2. The summed E-state index contributed by atoms with van der Waals surface area (Å²) in [4.78, 5) is 11.8. The van der Waals surface area contributed by atoms with Gasteiger partial charge in [-0.05, 0) is 38.5 Å². The number of halogens is 1. The summed E-state index contributed by atoms with van der Waals surface area (Å²) < 4.78 is 37.8. The normalized spacial score (nSPS) is 14.5. The van der Waals surface area contributed by atoms with Crippen molar-refractivity contribution in [3.8, 4) is 0 Å². The molecule has 0 aliphatic heterocycles. The van der Waals surface area contributed by atoms with E-state index in [2.05, 4.69) is 5.32 Å². The molecule has 0 radical (unpaired) electrons. The molecule has 1 aromatic rings. The molecular formula is C14H21FN2O3S. The fourth-order valence-electron chi connectivity index (χ4n) is 1.98. The maximum Gasteiger partial charge on any atom is 0.238 e. The summed E-state index contributed by atoms with van der Waals surface area (Å²) in [7, 11) is -3.95. The summed E-state index contributed by atoms with van der Waals surface area (Å²) in [6, 6.07) is 2.91. The van der Waals surface area contributed by atoms with E-state index in [1.807, 2.05) is 13.8 Å². The number of nitrogens with two attached hydrogens (primary N) is 1. The van der Waals surface area contributed by atoms with Gasteiger partial charge in [0.1, 0.15) is 11.1 Å². The fourth-order valence-corrected chi connectivity index (χ4v) is 3.35. The molecule has 0 fully saturated rings. The summed E-state index contributed by atoms with van der Waals surface area (Å²) in [5.74, 6) is -1.21. The van der Waals surface area contributed by atoms with E-state index in [1.165, 1.54) is 6.92 Å². The second-order valence-electron chi connectivity index (χ2n) is 5.07. The Morgan fingerprint density at radius 2 is 2.00 bits per heavy atom. The highest BCUT2D eigenvalue weighted by atomic mass is 32.2. The molecule has 0 aliphatic rings. The largest absolute Gasteiger partial charge is 0.398 e. The lowest BCUT2D eigenvalue weighted by atomic mass is 10.2. The summed E-state index contributed by atoms with van der Waals surface area (Å²) >= 11 is 0. The topological polar surface area (TPSA) is 89.3 Å². The van der Waals surface area contributed by atoms with Crippen LogP contribution in [-0.2, 0) is 14.6 Å². The molecule has 5 nitrogen and oxygen atoms in total. The zero-order valence-electron chi connectivity index (χ0n) is 12.4. The maximum absolute atomic E-state index is 13.0. The second-order valence-corrected chi connectivity index (χ2v) is 7.30. The van der Waals surface area contributed by atoms with Crippen LogP contribution in [-0.4, -0.2) is 25.6 Å². The molecule has 1 aromatic carbocycles. The van der Waals surface area contributed by atoms with Crippen LogP contribution in [0.2, 0.25) is 0 Å². The lowest BCUT2D eigenvalue weighted by molar-refractivity contribution is -0.121. The predicted molar refractivity (Wildman–Crippen MR) is 80.0 cm³/mol. The molecule has 0 bridgehead atoms. The Hall–Kier alpha value is -1.63. The lowest BCUT2D eigenvalue weighted by Crippen LogP contribution is -2.42. The van der Waals surface area contributed by atoms with Crippen molar-refractivity contribution in [3.05, 3.63) is 24.0 Å². The highest BCUT2D eigenvalue weighted by molar-refractivity contribution is 7.93. The first-order valence-corrected chi connectivity index (χ1v) is 8.34. The van der Waals surface area contributed by atoms with Gasteiger partial charge in [0.2, 0.25) is 5.91 Å². The van der Waals surface area contributed by atoms with E-state index in [0.717, 1.165) is 31.0 Å². The van der Waals surface area contributed by atoms with Crippen molar-refractivity contribution in [1.29, 1.82) is 0 Å². The third kappa shape index (κ3) is 4.17. The molecule has 2 unspecified atom stereocenters. The lowest BCUT2D eigenvalue weighted by Gasteiger charge is -2.18. The van der Waals surface area contributed by atoms with E-state index in [9.17, 15) is 17.6 Å². The summed E-state index contributed by atoms with van der Waals surface area (Å²) in [5, 5.41) is 1.37. The Labute approximate surface area is 124 Å². The molecule has 118 valence electrons. The van der Waals surface area contributed by atoms with E-state index >= 15 is 0 Å². The number of sulfone groups is 1. The Kier molecular flexibility index (Phi) is 5.71. The number of rotatable bonds is 6. The summed E-state index contributed by atoms with van der Waals surface area (Å²) in [5.41, 5.74) is 5.35. The second kappa shape index (κ2) is 6.89. The van der Waals surface area contributed by atoms with Crippen LogP contribution in [0, 0.1) is 5.82 Å². The van der Waals surface area contributed by atoms with E-state index in [-0.39, 0.29) is 16.6 Å². The number of carbonyl (C=O) groups excluding carboxylic acids is 1. The van der Waals surface area contributed by atoms with Gasteiger partial charge in [0.15, 0.2) is 9.84 Å². The van der Waals surface area contributed by atoms with Crippen molar-refractivity contribution in [1.82, 2.24) is 5.32 Å². The van der Waals surface area contributed by atoms with Gasteiger partial charge in [-0.15, -0.1) is 0 Å². The molecule has 0 aromatic heterocycles. The van der Waals surface area contributed by atoms with Gasteiger partial charge in [-0.25, -0.2) is 12.8 Å². The molecule has 0 saturated heterocycles. The molecule has 0 aliphatic carbocycles. The van der Waals surface area contributed by atoms with Gasteiger partial charge in [-0.3, -0.25) is 4.79 Å². The number of amides is 1. The minimum absolute atomic E-state index is 0.106. The monoisotopic (exact) mass is 316 g/mol. The van der Waals surface area contributed by atoms with Crippen molar-refractivity contribution < 1.29 is 17.6 Å². The van der Waals surface area contributed by atoms with Gasteiger partial charge in [-0.1, -0.05) is 13.3 Å². The average Bonchev–Trinajstić information content (AvgIpc) is 2.37. The van der Waals surface area contributed by atoms with E-state index in [1.54, 1.807) is 0 Å². The zero-order chi connectivity index (χ0) is 16.2. The minimum atomic E-state index is -3.95. The maximum atomic E-state index is 13.0. The number of anilines is 1. The van der Waals surface area contributed by atoms with Crippen molar-refractivity contribution in [2.45, 2.75) is 49.8 Å². The van der Waals surface area contributed by atoms with Gasteiger partial charge < -0.3 is 11.1 Å². The van der Waals surface area contributed by atoms with Crippen LogP contribution < -0.4 is 11.1 Å².